The number of hydrogen-bond donors (Lipinski definition) is 2. The van der Waals surface area contributed by atoms with E-state index in [0.717, 1.165) is 27.9 Å². The van der Waals surface area contributed by atoms with Crippen molar-refractivity contribution in [3.63, 3.8) is 0 Å². The lowest BCUT2D eigenvalue weighted by molar-refractivity contribution is -0.121. The molecule has 0 aliphatic heterocycles. The van der Waals surface area contributed by atoms with Crippen molar-refractivity contribution < 1.29 is 19.1 Å². The predicted octanol–water partition coefficient (Wildman–Crippen LogP) is 2.65. The number of amides is 2. The van der Waals surface area contributed by atoms with E-state index in [0.29, 0.717) is 23.1 Å². The van der Waals surface area contributed by atoms with E-state index in [1.807, 2.05) is 13.8 Å². The molecule has 0 fully saturated rings. The molecule has 10 heteroatoms. The highest BCUT2D eigenvalue weighted by Crippen LogP contribution is 2.30. The summed E-state index contributed by atoms with van der Waals surface area (Å²) < 4.78 is 12.2. The molecule has 2 heterocycles. The number of aryl methyl sites for hydroxylation is 3. The number of nitrogens with zero attached hydrogens (tertiary/aromatic N) is 3. The standard InChI is InChI=1S/C21H24ClN5O4/c1-11-14(12(2)23-19-18(11)21(31-5)26-27(19)3)7-9-17(28)24-25-20(29)15-10-13(22)6-8-16(15)30-4/h6,8,10H,7,9H2,1-5H3,(H,24,28)(H,25,29). The van der Waals surface area contributed by atoms with Gasteiger partial charge < -0.3 is 9.47 Å². The summed E-state index contributed by atoms with van der Waals surface area (Å²) in [4.78, 5) is 29.3. The first kappa shape index (κ1) is 22.4. The van der Waals surface area contributed by atoms with Crippen LogP contribution in [-0.4, -0.2) is 40.8 Å². The molecule has 0 aliphatic carbocycles. The summed E-state index contributed by atoms with van der Waals surface area (Å²) >= 11 is 5.95. The van der Waals surface area contributed by atoms with Gasteiger partial charge in [0.2, 0.25) is 11.8 Å². The molecule has 2 aromatic heterocycles. The number of pyridine rings is 1. The first-order valence-corrected chi connectivity index (χ1v) is 9.94. The van der Waals surface area contributed by atoms with E-state index in [2.05, 4.69) is 20.9 Å². The number of ether oxygens (including phenoxy) is 2. The zero-order valence-corrected chi connectivity index (χ0v) is 18.8. The fourth-order valence-electron chi connectivity index (χ4n) is 3.46. The van der Waals surface area contributed by atoms with Gasteiger partial charge in [0, 0.05) is 24.2 Å². The lowest BCUT2D eigenvalue weighted by Gasteiger charge is -2.12. The first-order valence-electron chi connectivity index (χ1n) is 9.56. The van der Waals surface area contributed by atoms with Crippen molar-refractivity contribution in [1.29, 1.82) is 0 Å². The van der Waals surface area contributed by atoms with Crippen LogP contribution >= 0.6 is 11.6 Å². The van der Waals surface area contributed by atoms with Gasteiger partial charge in [-0.25, -0.2) is 9.67 Å². The Balaban J connectivity index is 1.68. The van der Waals surface area contributed by atoms with Gasteiger partial charge >= 0.3 is 0 Å². The largest absolute Gasteiger partial charge is 0.496 e. The Morgan fingerprint density at radius 2 is 1.90 bits per heavy atom. The maximum Gasteiger partial charge on any atom is 0.273 e. The van der Waals surface area contributed by atoms with Gasteiger partial charge in [-0.2, -0.15) is 0 Å². The molecule has 0 atom stereocenters. The van der Waals surface area contributed by atoms with Crippen LogP contribution < -0.4 is 20.3 Å². The van der Waals surface area contributed by atoms with Gasteiger partial charge in [-0.3, -0.25) is 20.4 Å². The lowest BCUT2D eigenvalue weighted by Crippen LogP contribution is -2.41. The number of halogens is 1. The number of hydrogen-bond acceptors (Lipinski definition) is 6. The molecule has 0 saturated heterocycles. The van der Waals surface area contributed by atoms with Crippen LogP contribution in [0.1, 0.15) is 33.6 Å². The van der Waals surface area contributed by atoms with E-state index < -0.39 is 5.91 Å². The zero-order chi connectivity index (χ0) is 22.7. The summed E-state index contributed by atoms with van der Waals surface area (Å²) in [6, 6.07) is 4.67. The second-order valence-corrected chi connectivity index (χ2v) is 7.42. The van der Waals surface area contributed by atoms with Gasteiger partial charge in [-0.05, 0) is 49.6 Å². The Bertz CT molecular complexity index is 1160. The average molecular weight is 446 g/mol. The Labute approximate surface area is 184 Å². The normalized spacial score (nSPS) is 10.8. The SMILES string of the molecule is COc1ccc(Cl)cc1C(=O)NNC(=O)CCc1c(C)nc2c(c(OC)nn2C)c1C. The maximum atomic E-state index is 12.4. The number of benzene rings is 1. The second kappa shape index (κ2) is 9.22. The third kappa shape index (κ3) is 4.56. The van der Waals surface area contributed by atoms with Crippen LogP contribution in [-0.2, 0) is 18.3 Å². The van der Waals surface area contributed by atoms with Crippen LogP contribution in [0.15, 0.2) is 18.2 Å². The summed E-state index contributed by atoms with van der Waals surface area (Å²) in [5.41, 5.74) is 8.49. The maximum absolute atomic E-state index is 12.4. The molecule has 3 aromatic rings. The molecule has 2 N–H and O–H groups in total. The number of carbonyl (C=O) groups is 2. The quantitative estimate of drug-likeness (QED) is 0.565. The van der Waals surface area contributed by atoms with Crippen molar-refractivity contribution in [3.05, 3.63) is 45.6 Å². The molecule has 0 saturated carbocycles. The van der Waals surface area contributed by atoms with E-state index in [1.54, 1.807) is 31.0 Å². The highest BCUT2D eigenvalue weighted by atomic mass is 35.5. The summed E-state index contributed by atoms with van der Waals surface area (Å²) in [6.07, 6.45) is 0.602. The number of carbonyl (C=O) groups excluding carboxylic acids is 2. The van der Waals surface area contributed by atoms with Gasteiger partial charge in [-0.15, -0.1) is 5.10 Å². The molecular formula is C21H24ClN5O4. The number of hydrazine groups is 1. The number of nitrogens with one attached hydrogen (secondary N) is 2. The first-order chi connectivity index (χ1) is 14.8. The smallest absolute Gasteiger partial charge is 0.273 e. The molecule has 0 radical (unpaired) electrons. The van der Waals surface area contributed by atoms with Crippen molar-refractivity contribution >= 4 is 34.4 Å². The van der Waals surface area contributed by atoms with Crippen molar-refractivity contribution in [2.24, 2.45) is 7.05 Å². The molecular weight excluding hydrogens is 422 g/mol. The van der Waals surface area contributed by atoms with Gasteiger partial charge in [0.1, 0.15) is 5.75 Å². The van der Waals surface area contributed by atoms with Crippen LogP contribution in [0.5, 0.6) is 11.6 Å². The minimum Gasteiger partial charge on any atom is -0.496 e. The minimum absolute atomic E-state index is 0.157. The Hall–Kier alpha value is -3.33. The number of fused-ring (bicyclic) bond motifs is 1. The Morgan fingerprint density at radius 1 is 1.16 bits per heavy atom. The van der Waals surface area contributed by atoms with Gasteiger partial charge in [0.05, 0.1) is 25.2 Å². The Morgan fingerprint density at radius 3 is 2.58 bits per heavy atom. The van der Waals surface area contributed by atoms with Crippen molar-refractivity contribution in [1.82, 2.24) is 25.6 Å². The molecule has 31 heavy (non-hydrogen) atoms. The molecule has 9 nitrogen and oxygen atoms in total. The fraction of sp³-hybridized carbons (Fsp3) is 0.333. The molecule has 0 bridgehead atoms. The van der Waals surface area contributed by atoms with Crippen LogP contribution in [0.25, 0.3) is 11.0 Å². The van der Waals surface area contributed by atoms with Crippen LogP contribution in [0.2, 0.25) is 5.02 Å². The average Bonchev–Trinajstić information content (AvgIpc) is 3.07. The number of aromatic nitrogens is 3. The predicted molar refractivity (Wildman–Crippen MR) is 116 cm³/mol. The molecule has 0 aliphatic rings. The van der Waals surface area contributed by atoms with Crippen LogP contribution in [0, 0.1) is 13.8 Å². The van der Waals surface area contributed by atoms with Gasteiger partial charge in [0.25, 0.3) is 5.91 Å². The number of rotatable bonds is 6. The summed E-state index contributed by atoms with van der Waals surface area (Å²) in [7, 11) is 4.82. The van der Waals surface area contributed by atoms with E-state index in [-0.39, 0.29) is 17.9 Å². The monoisotopic (exact) mass is 445 g/mol. The van der Waals surface area contributed by atoms with E-state index in [1.165, 1.54) is 13.2 Å². The molecule has 3 rings (SSSR count). The van der Waals surface area contributed by atoms with Crippen molar-refractivity contribution in [2.75, 3.05) is 14.2 Å². The third-order valence-electron chi connectivity index (χ3n) is 5.04. The van der Waals surface area contributed by atoms with E-state index >= 15 is 0 Å². The highest BCUT2D eigenvalue weighted by molar-refractivity contribution is 6.31. The van der Waals surface area contributed by atoms with Crippen LogP contribution in [0.3, 0.4) is 0 Å². The zero-order valence-electron chi connectivity index (χ0n) is 18.0. The molecule has 0 unspecified atom stereocenters. The second-order valence-electron chi connectivity index (χ2n) is 6.98. The fourth-order valence-corrected chi connectivity index (χ4v) is 3.63. The number of methoxy groups -OCH3 is 2. The van der Waals surface area contributed by atoms with E-state index in [9.17, 15) is 9.59 Å². The van der Waals surface area contributed by atoms with Crippen LogP contribution in [0.4, 0.5) is 0 Å². The lowest BCUT2D eigenvalue weighted by atomic mass is 10.00. The third-order valence-corrected chi connectivity index (χ3v) is 5.27. The molecule has 164 valence electrons. The van der Waals surface area contributed by atoms with Gasteiger partial charge in [0.15, 0.2) is 5.65 Å². The topological polar surface area (TPSA) is 107 Å². The van der Waals surface area contributed by atoms with Crippen molar-refractivity contribution in [2.45, 2.75) is 26.7 Å². The highest BCUT2D eigenvalue weighted by Gasteiger charge is 2.19. The summed E-state index contributed by atoms with van der Waals surface area (Å²) in [5.74, 6) is -0.0160. The molecule has 2 amide bonds. The van der Waals surface area contributed by atoms with Gasteiger partial charge in [-0.1, -0.05) is 11.6 Å². The van der Waals surface area contributed by atoms with E-state index in [4.69, 9.17) is 21.1 Å². The molecule has 1 aromatic carbocycles. The summed E-state index contributed by atoms with van der Waals surface area (Å²) in [6.45, 7) is 3.86. The Kier molecular flexibility index (Phi) is 6.65. The van der Waals surface area contributed by atoms with Crippen molar-refractivity contribution in [3.8, 4) is 11.6 Å². The summed E-state index contributed by atoms with van der Waals surface area (Å²) in [5, 5.41) is 5.54. The minimum atomic E-state index is -0.525. The molecule has 0 spiro atoms.